The van der Waals surface area contributed by atoms with Crippen molar-refractivity contribution in [3.63, 3.8) is 0 Å². The van der Waals surface area contributed by atoms with E-state index in [4.69, 9.17) is 27.5 Å². The summed E-state index contributed by atoms with van der Waals surface area (Å²) in [6, 6.07) is 38.0. The number of esters is 3. The Morgan fingerprint density at radius 2 is 0.619 bits per heavy atom. The molecule has 0 atom stereocenters. The number of ether oxygens (including phenoxy) is 3. The molecule has 3 aromatic heterocycles. The van der Waals surface area contributed by atoms with Gasteiger partial charge in [0.05, 0.1) is 0 Å². The largest absolute Gasteiger partial charge is 0.457 e. The number of rotatable bonds is 9. The molecule has 306 valence electrons. The van der Waals surface area contributed by atoms with Crippen LogP contribution in [0.5, 0.6) is 0 Å². The second kappa shape index (κ2) is 16.6. The van der Waals surface area contributed by atoms with E-state index in [1.165, 1.54) is 18.2 Å². The van der Waals surface area contributed by atoms with E-state index in [-0.39, 0.29) is 51.5 Å². The fourth-order valence-corrected chi connectivity index (χ4v) is 7.39. The predicted molar refractivity (Wildman–Crippen MR) is 244 cm³/mol. The van der Waals surface area contributed by atoms with Crippen LogP contribution in [0.15, 0.2) is 186 Å². The summed E-state index contributed by atoms with van der Waals surface area (Å²) in [6.07, 6.45) is 4.40. The van der Waals surface area contributed by atoms with Crippen LogP contribution < -0.4 is 0 Å². The van der Waals surface area contributed by atoms with Crippen LogP contribution in [0.1, 0.15) is 34.0 Å². The molecule has 10 rings (SSSR count). The average Bonchev–Trinajstić information content (AvgIpc) is 4.16. The summed E-state index contributed by atoms with van der Waals surface area (Å²) in [6.45, 7) is 0. The molecule has 63 heavy (non-hydrogen) atoms. The van der Waals surface area contributed by atoms with Gasteiger partial charge in [-0.15, -0.1) is 0 Å². The van der Waals surface area contributed by atoms with Crippen molar-refractivity contribution in [2.24, 2.45) is 15.0 Å². The normalized spacial score (nSPS) is 16.7. The van der Waals surface area contributed by atoms with E-state index >= 15 is 0 Å². The topological polar surface area (TPSA) is 155 Å². The third-order valence-electron chi connectivity index (χ3n) is 9.64. The van der Waals surface area contributed by atoms with Gasteiger partial charge in [0.15, 0.2) is 17.1 Å². The van der Waals surface area contributed by atoms with Crippen LogP contribution >= 0.6 is 47.8 Å². The lowest BCUT2D eigenvalue weighted by atomic mass is 10.0. The van der Waals surface area contributed by atoms with Gasteiger partial charge in [-0.25, -0.2) is 29.4 Å². The van der Waals surface area contributed by atoms with E-state index in [2.05, 4.69) is 62.8 Å². The van der Waals surface area contributed by atoms with Crippen LogP contribution in [0.3, 0.4) is 0 Å². The molecule has 15 heteroatoms. The third kappa shape index (κ3) is 8.53. The molecule has 0 saturated heterocycles. The van der Waals surface area contributed by atoms with Gasteiger partial charge in [0.25, 0.3) is 0 Å². The van der Waals surface area contributed by atoms with Crippen LogP contribution in [0.25, 0.3) is 52.2 Å². The van der Waals surface area contributed by atoms with E-state index in [9.17, 15) is 14.4 Å². The molecule has 0 fully saturated rings. The Balaban J connectivity index is 0.995. The molecule has 0 amide bonds. The summed E-state index contributed by atoms with van der Waals surface area (Å²) in [5.41, 5.74) is 3.23. The van der Waals surface area contributed by atoms with E-state index in [0.29, 0.717) is 34.6 Å². The van der Waals surface area contributed by atoms with E-state index in [0.717, 1.165) is 30.1 Å². The van der Waals surface area contributed by atoms with Crippen LogP contribution in [0.2, 0.25) is 0 Å². The Labute approximate surface area is 382 Å². The van der Waals surface area contributed by atoms with Gasteiger partial charge < -0.3 is 27.5 Å². The summed E-state index contributed by atoms with van der Waals surface area (Å²) in [7, 11) is 0. The Kier molecular flexibility index (Phi) is 10.5. The molecule has 0 saturated carbocycles. The quantitative estimate of drug-likeness (QED) is 0.0780. The van der Waals surface area contributed by atoms with Crippen molar-refractivity contribution in [3.8, 4) is 34.0 Å². The molecule has 6 heterocycles. The van der Waals surface area contributed by atoms with Gasteiger partial charge in [0, 0.05) is 65.0 Å². The van der Waals surface area contributed by atoms with E-state index < -0.39 is 17.9 Å². The fraction of sp³-hybridized carbons (Fsp3) is 0. The summed E-state index contributed by atoms with van der Waals surface area (Å²) in [5.74, 6) is 0.467. The summed E-state index contributed by atoms with van der Waals surface area (Å²) >= 11 is 10.3. The van der Waals surface area contributed by atoms with Crippen molar-refractivity contribution >= 4 is 102 Å². The first-order valence-electron chi connectivity index (χ1n) is 18.9. The van der Waals surface area contributed by atoms with Gasteiger partial charge in [-0.2, -0.15) is 0 Å². The van der Waals surface area contributed by atoms with Crippen molar-refractivity contribution in [3.05, 3.63) is 192 Å². The molecule has 12 nitrogen and oxygen atoms in total. The number of halogens is 3. The molecule has 7 aromatic rings. The third-order valence-corrected chi connectivity index (χ3v) is 11.2. The average molecular weight is 1030 g/mol. The van der Waals surface area contributed by atoms with Gasteiger partial charge >= 0.3 is 17.9 Å². The lowest BCUT2D eigenvalue weighted by Crippen LogP contribution is -2.13. The van der Waals surface area contributed by atoms with Crippen LogP contribution in [-0.4, -0.2) is 35.6 Å². The number of carbonyl (C=O) groups excluding carboxylic acids is 3. The maximum absolute atomic E-state index is 13.2. The highest BCUT2D eigenvalue weighted by Gasteiger charge is 2.31. The molecule has 0 bridgehead atoms. The Morgan fingerprint density at radius 3 is 0.889 bits per heavy atom. The second-order valence-electron chi connectivity index (χ2n) is 13.9. The molecular weight excluding hydrogens is 1000 g/mol. The predicted octanol–water partition coefficient (Wildman–Crippen LogP) is 11.8. The minimum absolute atomic E-state index is 0.0275. The lowest BCUT2D eigenvalue weighted by molar-refractivity contribution is -0.130. The number of hydrogen-bond acceptors (Lipinski definition) is 12. The minimum Gasteiger partial charge on any atom is -0.457 e. The van der Waals surface area contributed by atoms with Crippen LogP contribution in [0, 0.1) is 0 Å². The van der Waals surface area contributed by atoms with Gasteiger partial charge in [0.2, 0.25) is 17.7 Å². The Hall–Kier alpha value is -7.20. The molecule has 4 aromatic carbocycles. The lowest BCUT2D eigenvalue weighted by Gasteiger charge is -2.08. The summed E-state index contributed by atoms with van der Waals surface area (Å²) < 4.78 is 37.7. The number of nitrogens with zero attached hydrogens (tertiary/aromatic N) is 3. The SMILES string of the molecule is O=C1OC(c2cc(C3=NC(=Cc4ccc(-c5ccc(Br)cc5)o4)C(=O)O3)cc(C3=NC(=Cc4ccc(-c5ccc(Br)cc5)o4)C(=O)O3)c2)=NC1=Cc1ccc(-c2ccc(Br)cc2)o1. The molecule has 0 radical (unpaired) electrons. The van der Waals surface area contributed by atoms with Crippen molar-refractivity contribution in [2.45, 2.75) is 0 Å². The van der Waals surface area contributed by atoms with Gasteiger partial charge in [-0.1, -0.05) is 84.2 Å². The highest BCUT2D eigenvalue weighted by atomic mass is 79.9. The molecule has 3 aliphatic rings. The summed E-state index contributed by atoms with van der Waals surface area (Å²) in [4.78, 5) is 53.1. The molecular formula is C48H24Br3N3O9. The Bertz CT molecular complexity index is 2870. The first kappa shape index (κ1) is 39.9. The number of furan rings is 3. The molecule has 3 aliphatic heterocycles. The van der Waals surface area contributed by atoms with Crippen LogP contribution in [0.4, 0.5) is 0 Å². The highest BCUT2D eigenvalue weighted by molar-refractivity contribution is 9.11. The van der Waals surface area contributed by atoms with Gasteiger partial charge in [-0.05, 0) is 91.0 Å². The smallest absolute Gasteiger partial charge is 0.363 e. The number of carbonyl (C=O) groups is 3. The summed E-state index contributed by atoms with van der Waals surface area (Å²) in [5, 5.41) is 0. The number of aliphatic imine (C=N–C) groups is 3. The molecule has 0 aliphatic carbocycles. The fourth-order valence-electron chi connectivity index (χ4n) is 6.60. The first-order valence-corrected chi connectivity index (χ1v) is 21.3. The zero-order chi connectivity index (χ0) is 43.2. The first-order chi connectivity index (χ1) is 30.6. The molecule has 0 spiro atoms. The number of benzene rings is 4. The van der Waals surface area contributed by atoms with E-state index in [1.807, 2.05) is 72.8 Å². The Morgan fingerprint density at radius 1 is 0.349 bits per heavy atom. The number of cyclic esters (lactones) is 3. The minimum atomic E-state index is -0.731. The zero-order valence-corrected chi connectivity index (χ0v) is 36.8. The maximum atomic E-state index is 13.2. The van der Waals surface area contributed by atoms with Crippen molar-refractivity contribution < 1.29 is 41.8 Å². The van der Waals surface area contributed by atoms with E-state index in [1.54, 1.807) is 54.6 Å². The van der Waals surface area contributed by atoms with Gasteiger partial charge in [0.1, 0.15) is 34.6 Å². The molecule has 0 unspecified atom stereocenters. The van der Waals surface area contributed by atoms with Crippen molar-refractivity contribution in [1.29, 1.82) is 0 Å². The van der Waals surface area contributed by atoms with Crippen LogP contribution in [-0.2, 0) is 28.6 Å². The maximum Gasteiger partial charge on any atom is 0.363 e. The van der Waals surface area contributed by atoms with Crippen molar-refractivity contribution in [1.82, 2.24) is 0 Å². The monoisotopic (exact) mass is 1020 g/mol. The van der Waals surface area contributed by atoms with Gasteiger partial charge in [-0.3, -0.25) is 0 Å². The van der Waals surface area contributed by atoms with Crippen molar-refractivity contribution in [2.75, 3.05) is 0 Å². The zero-order valence-electron chi connectivity index (χ0n) is 32.0. The standard InChI is InChI=1S/C48H24Br3N3O9/c49-31-7-1-25(2-8-31)40-16-13-34(58-40)22-37-46(55)61-43(52-37)28-19-29(44-53-38(47(56)62-44)23-35-14-17-41(59-35)26-3-9-32(50)10-4-26)21-30(20-28)45-54-39(48(57)63-45)24-36-15-18-42(60-36)27-5-11-33(51)12-6-27/h1-24H. The number of hydrogen-bond donors (Lipinski definition) is 0. The second-order valence-corrected chi connectivity index (χ2v) is 16.7. The highest BCUT2D eigenvalue weighted by Crippen LogP contribution is 2.31. The molecule has 0 N–H and O–H groups in total.